The predicted molar refractivity (Wildman–Crippen MR) is 87.8 cm³/mol. The SMILES string of the molecule is CCC(CC)(CN)C(=O)N(C)Cc1cc(Br)cs1.Cl. The standard InChI is InChI=1S/C13H21BrN2OS.ClH/c1-4-13(5-2,9-15)12(17)16(3)7-11-6-10(14)8-18-11;/h6,8H,4-5,7,9,15H2,1-3H3;1H. The van der Waals surface area contributed by atoms with Crippen molar-refractivity contribution in [1.82, 2.24) is 4.90 Å². The van der Waals surface area contributed by atoms with E-state index in [-0.39, 0.29) is 18.3 Å². The molecule has 1 heterocycles. The molecule has 0 fully saturated rings. The van der Waals surface area contributed by atoms with Gasteiger partial charge in [-0.3, -0.25) is 4.79 Å². The molecule has 2 N–H and O–H groups in total. The van der Waals surface area contributed by atoms with E-state index in [4.69, 9.17) is 5.73 Å². The van der Waals surface area contributed by atoms with Gasteiger partial charge in [-0.1, -0.05) is 13.8 Å². The van der Waals surface area contributed by atoms with Gasteiger partial charge in [-0.2, -0.15) is 0 Å². The number of nitrogens with zero attached hydrogens (tertiary/aromatic N) is 1. The summed E-state index contributed by atoms with van der Waals surface area (Å²) in [4.78, 5) is 15.5. The van der Waals surface area contributed by atoms with E-state index in [0.29, 0.717) is 13.1 Å². The first kappa shape index (κ1) is 18.9. The van der Waals surface area contributed by atoms with Crippen molar-refractivity contribution >= 4 is 45.6 Å². The molecule has 0 bridgehead atoms. The molecule has 0 unspecified atom stereocenters. The lowest BCUT2D eigenvalue weighted by Crippen LogP contribution is -2.45. The lowest BCUT2D eigenvalue weighted by Gasteiger charge is -2.33. The molecule has 0 radical (unpaired) electrons. The van der Waals surface area contributed by atoms with Gasteiger partial charge in [0.2, 0.25) is 5.91 Å². The number of halogens is 2. The maximum atomic E-state index is 12.5. The van der Waals surface area contributed by atoms with Crippen LogP contribution in [0.5, 0.6) is 0 Å². The van der Waals surface area contributed by atoms with Gasteiger partial charge in [0.25, 0.3) is 0 Å². The van der Waals surface area contributed by atoms with E-state index in [2.05, 4.69) is 22.0 Å². The smallest absolute Gasteiger partial charge is 0.230 e. The molecule has 0 saturated carbocycles. The highest BCUT2D eigenvalue weighted by Gasteiger charge is 2.35. The Hall–Kier alpha value is -0.100. The third-order valence-corrected chi connectivity index (χ3v) is 5.24. The maximum absolute atomic E-state index is 12.5. The first-order valence-electron chi connectivity index (χ1n) is 6.17. The lowest BCUT2D eigenvalue weighted by atomic mass is 9.81. The van der Waals surface area contributed by atoms with E-state index in [9.17, 15) is 4.79 Å². The average Bonchev–Trinajstić information content (AvgIpc) is 2.77. The van der Waals surface area contributed by atoms with E-state index < -0.39 is 5.41 Å². The first-order valence-corrected chi connectivity index (χ1v) is 7.85. The normalized spacial score (nSPS) is 11.0. The van der Waals surface area contributed by atoms with Crippen LogP contribution in [-0.2, 0) is 11.3 Å². The molecule has 0 aliphatic carbocycles. The van der Waals surface area contributed by atoms with Gasteiger partial charge >= 0.3 is 0 Å². The zero-order valence-corrected chi connectivity index (χ0v) is 14.8. The summed E-state index contributed by atoms with van der Waals surface area (Å²) < 4.78 is 1.07. The van der Waals surface area contributed by atoms with Gasteiger partial charge in [0, 0.05) is 28.3 Å². The number of amides is 1. The molecule has 3 nitrogen and oxygen atoms in total. The summed E-state index contributed by atoms with van der Waals surface area (Å²) in [6.07, 6.45) is 1.58. The van der Waals surface area contributed by atoms with Crippen LogP contribution in [-0.4, -0.2) is 24.4 Å². The Balaban J connectivity index is 0.00000324. The zero-order valence-electron chi connectivity index (χ0n) is 11.6. The Kier molecular flexibility index (Phi) is 8.20. The highest BCUT2D eigenvalue weighted by atomic mass is 79.9. The summed E-state index contributed by atoms with van der Waals surface area (Å²) in [7, 11) is 1.85. The Morgan fingerprint density at radius 2 is 2.05 bits per heavy atom. The average molecular weight is 370 g/mol. The Bertz CT molecular complexity index is 399. The van der Waals surface area contributed by atoms with E-state index >= 15 is 0 Å². The predicted octanol–water partition coefficient (Wildman–Crippen LogP) is 3.66. The fraction of sp³-hybridized carbons (Fsp3) is 0.615. The van der Waals surface area contributed by atoms with Crippen molar-refractivity contribution in [3.63, 3.8) is 0 Å². The minimum Gasteiger partial charge on any atom is -0.340 e. The number of carbonyl (C=O) groups excluding carboxylic acids is 1. The van der Waals surface area contributed by atoms with Crippen molar-refractivity contribution in [3.05, 3.63) is 20.8 Å². The van der Waals surface area contributed by atoms with Crippen molar-refractivity contribution in [2.75, 3.05) is 13.6 Å². The summed E-state index contributed by atoms with van der Waals surface area (Å²) in [6, 6.07) is 2.05. The lowest BCUT2D eigenvalue weighted by molar-refractivity contribution is -0.141. The molecule has 0 aliphatic heterocycles. The highest BCUT2D eigenvalue weighted by molar-refractivity contribution is 9.10. The highest BCUT2D eigenvalue weighted by Crippen LogP contribution is 2.29. The van der Waals surface area contributed by atoms with Crippen LogP contribution in [0.15, 0.2) is 15.9 Å². The van der Waals surface area contributed by atoms with E-state index in [1.54, 1.807) is 16.2 Å². The third kappa shape index (κ3) is 4.45. The monoisotopic (exact) mass is 368 g/mol. The second-order valence-corrected chi connectivity index (χ2v) is 6.50. The van der Waals surface area contributed by atoms with E-state index in [1.165, 1.54) is 4.88 Å². The summed E-state index contributed by atoms with van der Waals surface area (Å²) in [6.45, 7) is 5.13. The minimum atomic E-state index is -0.400. The molecule has 1 aromatic heterocycles. The van der Waals surface area contributed by atoms with Crippen LogP contribution in [0.2, 0.25) is 0 Å². The van der Waals surface area contributed by atoms with E-state index in [0.717, 1.165) is 17.3 Å². The van der Waals surface area contributed by atoms with Crippen LogP contribution >= 0.6 is 39.7 Å². The molecule has 0 aromatic carbocycles. The quantitative estimate of drug-likeness (QED) is 0.832. The van der Waals surface area contributed by atoms with Crippen molar-refractivity contribution < 1.29 is 4.79 Å². The molecule has 1 rings (SSSR count). The van der Waals surface area contributed by atoms with Gasteiger partial charge in [0.05, 0.1) is 12.0 Å². The molecule has 0 saturated heterocycles. The van der Waals surface area contributed by atoms with Gasteiger partial charge < -0.3 is 10.6 Å². The molecule has 1 amide bonds. The summed E-state index contributed by atoms with van der Waals surface area (Å²) >= 11 is 5.08. The van der Waals surface area contributed by atoms with Crippen LogP contribution in [0.3, 0.4) is 0 Å². The van der Waals surface area contributed by atoms with Crippen LogP contribution < -0.4 is 5.73 Å². The second kappa shape index (κ2) is 8.25. The second-order valence-electron chi connectivity index (χ2n) is 4.58. The Morgan fingerprint density at radius 1 is 1.47 bits per heavy atom. The Labute approximate surface area is 134 Å². The molecule has 110 valence electrons. The van der Waals surface area contributed by atoms with Gasteiger partial charge in [-0.15, -0.1) is 23.7 Å². The maximum Gasteiger partial charge on any atom is 0.230 e. The summed E-state index contributed by atoms with van der Waals surface area (Å²) in [5.41, 5.74) is 5.41. The molecule has 0 atom stereocenters. The molecule has 0 aliphatic rings. The van der Waals surface area contributed by atoms with Crippen LogP contribution in [0.25, 0.3) is 0 Å². The third-order valence-electron chi connectivity index (χ3n) is 3.56. The summed E-state index contributed by atoms with van der Waals surface area (Å²) in [5.74, 6) is 0.152. The number of hydrogen-bond acceptors (Lipinski definition) is 3. The van der Waals surface area contributed by atoms with Crippen molar-refractivity contribution in [3.8, 4) is 0 Å². The van der Waals surface area contributed by atoms with E-state index in [1.807, 2.05) is 26.3 Å². The topological polar surface area (TPSA) is 46.3 Å². The van der Waals surface area contributed by atoms with Gasteiger partial charge in [-0.25, -0.2) is 0 Å². The largest absolute Gasteiger partial charge is 0.340 e. The number of carbonyl (C=O) groups is 1. The number of thiophene rings is 1. The molecular formula is C13H22BrClN2OS. The summed E-state index contributed by atoms with van der Waals surface area (Å²) in [5, 5.41) is 2.03. The number of rotatable bonds is 6. The molecular weight excluding hydrogens is 348 g/mol. The number of nitrogens with two attached hydrogens (primary N) is 1. The minimum absolute atomic E-state index is 0. The first-order chi connectivity index (χ1) is 8.49. The van der Waals surface area contributed by atoms with Crippen molar-refractivity contribution in [2.24, 2.45) is 11.1 Å². The molecule has 19 heavy (non-hydrogen) atoms. The Morgan fingerprint density at radius 3 is 2.42 bits per heavy atom. The fourth-order valence-corrected chi connectivity index (χ4v) is 3.58. The van der Waals surface area contributed by atoms with Gasteiger partial charge in [-0.05, 0) is 34.8 Å². The number of hydrogen-bond donors (Lipinski definition) is 1. The van der Waals surface area contributed by atoms with Gasteiger partial charge in [0.1, 0.15) is 0 Å². The van der Waals surface area contributed by atoms with Crippen molar-refractivity contribution in [2.45, 2.75) is 33.2 Å². The molecule has 0 spiro atoms. The van der Waals surface area contributed by atoms with Crippen LogP contribution in [0.1, 0.15) is 31.6 Å². The molecule has 6 heteroatoms. The van der Waals surface area contributed by atoms with Crippen molar-refractivity contribution in [1.29, 1.82) is 0 Å². The fourth-order valence-electron chi connectivity index (χ4n) is 2.08. The van der Waals surface area contributed by atoms with Crippen LogP contribution in [0, 0.1) is 5.41 Å². The zero-order chi connectivity index (χ0) is 13.8. The van der Waals surface area contributed by atoms with Crippen LogP contribution in [0.4, 0.5) is 0 Å². The van der Waals surface area contributed by atoms with Gasteiger partial charge in [0.15, 0.2) is 0 Å². The molecule has 1 aromatic rings.